The first-order valence-corrected chi connectivity index (χ1v) is 12.7. The van der Waals surface area contributed by atoms with Gasteiger partial charge in [0.05, 0.1) is 11.3 Å². The van der Waals surface area contributed by atoms with Crippen molar-refractivity contribution in [1.82, 2.24) is 4.98 Å². The summed E-state index contributed by atoms with van der Waals surface area (Å²) in [7, 11) is -3.41. The summed E-state index contributed by atoms with van der Waals surface area (Å²) in [5.74, 6) is 0.452. The lowest BCUT2D eigenvalue weighted by Crippen LogP contribution is -2.20. The normalized spacial score (nSPS) is 18.4. The fourth-order valence-electron chi connectivity index (χ4n) is 4.04. The zero-order chi connectivity index (χ0) is 21.7. The summed E-state index contributed by atoms with van der Waals surface area (Å²) in [5, 5.41) is 20.6. The first-order valence-electron chi connectivity index (χ1n) is 10.3. The molecule has 1 saturated carbocycles. The van der Waals surface area contributed by atoms with Crippen LogP contribution in [0.1, 0.15) is 73.5 Å². The first kappa shape index (κ1) is 21.4. The number of anilines is 1. The summed E-state index contributed by atoms with van der Waals surface area (Å²) in [5.41, 5.74) is 4.42. The monoisotopic (exact) mass is 448 g/mol. The summed E-state index contributed by atoms with van der Waals surface area (Å²) >= 11 is 1.13. The maximum atomic E-state index is 12.9. The third kappa shape index (κ3) is 4.03. The van der Waals surface area contributed by atoms with Crippen LogP contribution in [0.5, 0.6) is 0 Å². The fourth-order valence-corrected chi connectivity index (χ4v) is 6.32. The standard InChI is InChI=1S/C21H28N4O3S2/c1-12-18(13-6-4-7-13)23-16-9-5-8-15(16)19(12)24-20(26)25-30(22,28)17-10-14(11-29-17)21(2,3)27/h10-11,13,27H,4-9H2,1-3H3,(H3,22,23,24,25,26,28)/t30-/m1/s1. The number of aromatic nitrogens is 1. The summed E-state index contributed by atoms with van der Waals surface area (Å²) in [4.78, 5) is 17.6. The van der Waals surface area contributed by atoms with Crippen LogP contribution < -0.4 is 10.5 Å². The average Bonchev–Trinajstić information content (AvgIpc) is 3.25. The minimum atomic E-state index is -3.41. The number of carbonyl (C=O) groups excluding carboxylic acids is 1. The predicted molar refractivity (Wildman–Crippen MR) is 119 cm³/mol. The Morgan fingerprint density at radius 1 is 1.37 bits per heavy atom. The number of fused-ring (bicyclic) bond motifs is 1. The van der Waals surface area contributed by atoms with Crippen LogP contribution in [0.4, 0.5) is 10.5 Å². The number of hydrogen-bond donors (Lipinski definition) is 3. The Hall–Kier alpha value is -1.81. The van der Waals surface area contributed by atoms with Crippen LogP contribution in [0.25, 0.3) is 0 Å². The van der Waals surface area contributed by atoms with Crippen molar-refractivity contribution >= 4 is 33.0 Å². The molecule has 2 aromatic heterocycles. The van der Waals surface area contributed by atoms with Gasteiger partial charge in [-0.25, -0.2) is 14.1 Å². The summed E-state index contributed by atoms with van der Waals surface area (Å²) < 4.78 is 17.0. The van der Waals surface area contributed by atoms with Gasteiger partial charge in [-0.05, 0) is 81.0 Å². The van der Waals surface area contributed by atoms with E-state index in [2.05, 4.69) is 9.68 Å². The molecule has 2 aliphatic carbocycles. The number of urea groups is 1. The first-order chi connectivity index (χ1) is 14.1. The van der Waals surface area contributed by atoms with E-state index >= 15 is 0 Å². The molecule has 0 bridgehead atoms. The topological polar surface area (TPSA) is 118 Å². The van der Waals surface area contributed by atoms with Gasteiger partial charge in [-0.3, -0.25) is 4.98 Å². The van der Waals surface area contributed by atoms with Crippen LogP contribution >= 0.6 is 11.3 Å². The van der Waals surface area contributed by atoms with Crippen molar-refractivity contribution in [1.29, 1.82) is 0 Å². The van der Waals surface area contributed by atoms with Gasteiger partial charge in [0, 0.05) is 17.3 Å². The second-order valence-corrected chi connectivity index (χ2v) is 11.6. The number of nitrogens with two attached hydrogens (primary N) is 1. The summed E-state index contributed by atoms with van der Waals surface area (Å²) in [6.45, 7) is 5.25. The second kappa shape index (κ2) is 7.71. The van der Waals surface area contributed by atoms with Gasteiger partial charge >= 0.3 is 6.03 Å². The van der Waals surface area contributed by atoms with E-state index in [4.69, 9.17) is 10.1 Å². The van der Waals surface area contributed by atoms with Crippen molar-refractivity contribution in [3.05, 3.63) is 39.5 Å². The van der Waals surface area contributed by atoms with E-state index in [1.165, 1.54) is 6.42 Å². The molecule has 30 heavy (non-hydrogen) atoms. The highest BCUT2D eigenvalue weighted by Crippen LogP contribution is 2.41. The van der Waals surface area contributed by atoms with E-state index in [1.54, 1.807) is 25.3 Å². The maximum absolute atomic E-state index is 12.9. The number of hydrogen-bond acceptors (Lipinski definition) is 5. The van der Waals surface area contributed by atoms with E-state index in [-0.39, 0.29) is 4.21 Å². The molecule has 2 aliphatic rings. The van der Waals surface area contributed by atoms with Gasteiger partial charge in [-0.15, -0.1) is 15.7 Å². The number of pyridine rings is 1. The molecule has 2 heterocycles. The second-order valence-electron chi connectivity index (χ2n) is 8.71. The Labute approximate surface area is 181 Å². The van der Waals surface area contributed by atoms with E-state index in [0.717, 1.165) is 71.6 Å². The highest BCUT2D eigenvalue weighted by atomic mass is 32.2. The molecule has 0 aromatic carbocycles. The lowest BCUT2D eigenvalue weighted by atomic mass is 9.80. The molecule has 0 radical (unpaired) electrons. The molecule has 1 atom stereocenters. The molecular weight excluding hydrogens is 420 g/mol. The molecule has 2 aromatic rings. The lowest BCUT2D eigenvalue weighted by Gasteiger charge is -2.28. The fraction of sp³-hybridized carbons (Fsp3) is 0.524. The molecule has 0 aliphatic heterocycles. The number of aryl methyl sites for hydroxylation is 1. The molecule has 162 valence electrons. The molecule has 4 N–H and O–H groups in total. The van der Waals surface area contributed by atoms with Gasteiger partial charge < -0.3 is 10.4 Å². The van der Waals surface area contributed by atoms with Crippen LogP contribution in [0.2, 0.25) is 0 Å². The third-order valence-corrected chi connectivity index (χ3v) is 8.88. The van der Waals surface area contributed by atoms with Crippen LogP contribution in [0, 0.1) is 6.92 Å². The summed E-state index contributed by atoms with van der Waals surface area (Å²) in [6, 6.07) is 0.831. The number of amides is 2. The quantitative estimate of drug-likeness (QED) is 0.644. The van der Waals surface area contributed by atoms with Gasteiger partial charge in [-0.2, -0.15) is 0 Å². The Kier molecular flexibility index (Phi) is 5.50. The lowest BCUT2D eigenvalue weighted by molar-refractivity contribution is 0.0789. The van der Waals surface area contributed by atoms with Crippen molar-refractivity contribution in [2.24, 2.45) is 9.50 Å². The minimum absolute atomic E-state index is 0.265. The van der Waals surface area contributed by atoms with Crippen molar-refractivity contribution in [2.45, 2.75) is 75.0 Å². The van der Waals surface area contributed by atoms with E-state index < -0.39 is 21.5 Å². The van der Waals surface area contributed by atoms with E-state index in [9.17, 15) is 14.1 Å². The van der Waals surface area contributed by atoms with Gasteiger partial charge in [0.2, 0.25) is 0 Å². The Morgan fingerprint density at radius 2 is 2.10 bits per heavy atom. The van der Waals surface area contributed by atoms with Crippen molar-refractivity contribution in [2.75, 3.05) is 5.32 Å². The number of rotatable bonds is 4. The SMILES string of the molecule is Cc1c(C2CCC2)nc2c(c1NC(=O)N=[S@@](N)(=O)c1cc(C(C)(C)O)cs1)CCC2. The molecule has 4 rings (SSSR count). The van der Waals surface area contributed by atoms with Gasteiger partial charge in [0.25, 0.3) is 0 Å². The molecule has 1 fully saturated rings. The number of nitrogens with one attached hydrogen (secondary N) is 1. The number of nitrogens with zero attached hydrogens (tertiary/aromatic N) is 2. The van der Waals surface area contributed by atoms with Gasteiger partial charge in [0.1, 0.15) is 4.21 Å². The number of thiophene rings is 1. The number of aliphatic hydroxyl groups is 1. The van der Waals surface area contributed by atoms with Crippen LogP contribution in [0.3, 0.4) is 0 Å². The largest absolute Gasteiger partial charge is 0.386 e. The Morgan fingerprint density at radius 3 is 2.70 bits per heavy atom. The molecule has 0 unspecified atom stereocenters. The van der Waals surface area contributed by atoms with Crippen molar-refractivity contribution < 1.29 is 14.1 Å². The Bertz CT molecular complexity index is 1120. The number of carbonyl (C=O) groups is 1. The van der Waals surface area contributed by atoms with Crippen LogP contribution in [0.15, 0.2) is 20.0 Å². The molecule has 7 nitrogen and oxygen atoms in total. The minimum Gasteiger partial charge on any atom is -0.386 e. The molecule has 9 heteroatoms. The highest BCUT2D eigenvalue weighted by molar-refractivity contribution is 7.93. The highest BCUT2D eigenvalue weighted by Gasteiger charge is 2.29. The average molecular weight is 449 g/mol. The van der Waals surface area contributed by atoms with Gasteiger partial charge in [-0.1, -0.05) is 6.42 Å². The summed E-state index contributed by atoms with van der Waals surface area (Å²) in [6.07, 6.45) is 6.26. The van der Waals surface area contributed by atoms with Crippen molar-refractivity contribution in [3.8, 4) is 0 Å². The van der Waals surface area contributed by atoms with Gasteiger partial charge in [0.15, 0.2) is 9.92 Å². The molecule has 0 spiro atoms. The van der Waals surface area contributed by atoms with E-state index in [1.807, 2.05) is 6.92 Å². The zero-order valence-corrected chi connectivity index (χ0v) is 19.2. The molecule has 0 saturated heterocycles. The smallest absolute Gasteiger partial charge is 0.354 e. The third-order valence-electron chi connectivity index (χ3n) is 6.02. The van der Waals surface area contributed by atoms with E-state index in [0.29, 0.717) is 11.5 Å². The zero-order valence-electron chi connectivity index (χ0n) is 17.5. The van der Waals surface area contributed by atoms with Crippen LogP contribution in [-0.2, 0) is 28.4 Å². The predicted octanol–water partition coefficient (Wildman–Crippen LogP) is 4.37. The molecule has 2 amide bonds. The molecular formula is C21H28N4O3S2. The maximum Gasteiger partial charge on any atom is 0.354 e. The van der Waals surface area contributed by atoms with Crippen LogP contribution in [-0.4, -0.2) is 20.3 Å². The van der Waals surface area contributed by atoms with Crippen molar-refractivity contribution in [3.63, 3.8) is 0 Å². The Balaban J connectivity index is 1.65.